The molecule has 0 bridgehead atoms. The van der Waals surface area contributed by atoms with Crippen molar-refractivity contribution in [2.24, 2.45) is 0 Å². The first-order valence-corrected chi connectivity index (χ1v) is 13.3. The van der Waals surface area contributed by atoms with E-state index in [0.717, 1.165) is 27.6 Å². The molecule has 13 heteroatoms. The average molecular weight is 521 g/mol. The summed E-state index contributed by atoms with van der Waals surface area (Å²) in [7, 11) is -2.63. The van der Waals surface area contributed by atoms with Crippen LogP contribution in [0, 0.1) is 6.92 Å². The van der Waals surface area contributed by atoms with Gasteiger partial charge in [0.25, 0.3) is 0 Å². The van der Waals surface area contributed by atoms with Crippen LogP contribution in [0.25, 0.3) is 10.9 Å². The second-order valence-corrected chi connectivity index (χ2v) is 12.4. The fourth-order valence-corrected chi connectivity index (χ4v) is 6.18. The monoisotopic (exact) mass is 520 g/mol. The average Bonchev–Trinajstić information content (AvgIpc) is 3.37. The number of hydrogen-bond acceptors (Lipinski definition) is 8. The number of nitrogens with one attached hydrogen (secondary N) is 2. The van der Waals surface area contributed by atoms with E-state index in [1.54, 1.807) is 40.0 Å². The molecule has 1 aliphatic rings. The van der Waals surface area contributed by atoms with Gasteiger partial charge in [-0.05, 0) is 58.2 Å². The maximum Gasteiger partial charge on any atom is 0.415 e. The first-order chi connectivity index (χ1) is 16.3. The predicted octanol–water partition coefficient (Wildman–Crippen LogP) is 3.27. The number of aryl methyl sites for hydroxylation is 2. The van der Waals surface area contributed by atoms with Crippen LogP contribution in [0.2, 0.25) is 0 Å². The van der Waals surface area contributed by atoms with Crippen LogP contribution in [0.5, 0.6) is 0 Å². The van der Waals surface area contributed by atoms with E-state index < -0.39 is 34.2 Å². The number of hydrogen-bond donors (Lipinski definition) is 2. The molecule has 3 aromatic rings. The third-order valence-electron chi connectivity index (χ3n) is 5.29. The summed E-state index contributed by atoms with van der Waals surface area (Å²) in [5.74, 6) is -0.542. The molecule has 188 valence electrons. The van der Waals surface area contributed by atoms with Crippen molar-refractivity contribution in [1.82, 2.24) is 19.5 Å². The van der Waals surface area contributed by atoms with Gasteiger partial charge in [-0.2, -0.15) is 9.40 Å². The highest BCUT2D eigenvalue weighted by Crippen LogP contribution is 2.36. The molecule has 0 unspecified atom stereocenters. The first kappa shape index (κ1) is 25.1. The van der Waals surface area contributed by atoms with E-state index in [1.165, 1.54) is 11.9 Å². The van der Waals surface area contributed by atoms with Gasteiger partial charge in [0.1, 0.15) is 15.5 Å². The fourth-order valence-electron chi connectivity index (χ4n) is 3.75. The van der Waals surface area contributed by atoms with Crippen LogP contribution in [0.1, 0.15) is 38.4 Å². The lowest BCUT2D eigenvalue weighted by molar-refractivity contribution is -0.116. The molecule has 2 aromatic heterocycles. The normalized spacial score (nSPS) is 14.3. The molecule has 35 heavy (non-hydrogen) atoms. The van der Waals surface area contributed by atoms with Gasteiger partial charge >= 0.3 is 6.09 Å². The number of carbonyl (C=O) groups excluding carboxylic acids is 2. The van der Waals surface area contributed by atoms with Crippen molar-refractivity contribution in [2.75, 3.05) is 30.4 Å². The van der Waals surface area contributed by atoms with E-state index in [-0.39, 0.29) is 4.90 Å². The van der Waals surface area contributed by atoms with Gasteiger partial charge in [0, 0.05) is 19.0 Å². The zero-order valence-corrected chi connectivity index (χ0v) is 21.8. The molecular weight excluding hydrogens is 492 g/mol. The maximum atomic E-state index is 13.2. The van der Waals surface area contributed by atoms with Crippen molar-refractivity contribution in [1.29, 1.82) is 0 Å². The molecule has 3 heterocycles. The minimum atomic E-state index is -3.97. The van der Waals surface area contributed by atoms with E-state index in [4.69, 9.17) is 4.74 Å². The Morgan fingerprint density at radius 1 is 1.31 bits per heavy atom. The topological polar surface area (TPSA) is 138 Å². The number of ether oxygens (including phenoxy) is 1. The van der Waals surface area contributed by atoms with Crippen LogP contribution in [0.3, 0.4) is 0 Å². The number of H-pyrrole nitrogens is 1. The van der Waals surface area contributed by atoms with Crippen molar-refractivity contribution in [3.8, 4) is 0 Å². The van der Waals surface area contributed by atoms with Crippen LogP contribution in [0.15, 0.2) is 23.2 Å². The van der Waals surface area contributed by atoms with Crippen LogP contribution in [0.4, 0.5) is 14.9 Å². The van der Waals surface area contributed by atoms with Crippen LogP contribution in [-0.2, 0) is 26.0 Å². The van der Waals surface area contributed by atoms with E-state index >= 15 is 0 Å². The molecule has 0 saturated carbocycles. The zero-order chi connectivity index (χ0) is 25.5. The number of nitrogens with zero attached hydrogens (tertiary/aromatic N) is 4. The zero-order valence-electron chi connectivity index (χ0n) is 20.2. The van der Waals surface area contributed by atoms with Crippen LogP contribution >= 0.6 is 11.3 Å². The molecule has 4 rings (SSSR count). The number of amides is 2. The Kier molecular flexibility index (Phi) is 6.60. The van der Waals surface area contributed by atoms with E-state index in [2.05, 4.69) is 20.5 Å². The highest BCUT2D eigenvalue weighted by atomic mass is 32.2. The number of likely N-dealkylation sites (N-methyl/N-ethyl adjacent to an activating group) is 1. The number of carbonyl (C=O) groups is 2. The van der Waals surface area contributed by atoms with Crippen molar-refractivity contribution in [3.05, 3.63) is 29.6 Å². The number of benzene rings is 1. The van der Waals surface area contributed by atoms with Gasteiger partial charge in [-0.3, -0.25) is 14.8 Å². The lowest BCUT2D eigenvalue weighted by atomic mass is 10.1. The van der Waals surface area contributed by atoms with Gasteiger partial charge in [0.2, 0.25) is 15.9 Å². The molecule has 0 radical (unpaired) electrons. The Morgan fingerprint density at radius 3 is 2.77 bits per heavy atom. The van der Waals surface area contributed by atoms with Crippen molar-refractivity contribution in [2.45, 2.75) is 51.0 Å². The second kappa shape index (κ2) is 9.21. The molecule has 2 amide bonds. The number of sulfonamides is 1. The largest absolute Gasteiger partial charge is 0.443 e. The molecule has 0 aliphatic carbocycles. The maximum absolute atomic E-state index is 13.2. The number of fused-ring (bicyclic) bond motifs is 2. The molecule has 0 saturated heterocycles. The summed E-state index contributed by atoms with van der Waals surface area (Å²) in [6.45, 7) is 7.28. The molecule has 2 N–H and O–H groups in total. The van der Waals surface area contributed by atoms with Crippen molar-refractivity contribution < 1.29 is 22.7 Å². The van der Waals surface area contributed by atoms with Gasteiger partial charge in [0.15, 0.2) is 5.13 Å². The fraction of sp³-hybridized carbons (Fsp3) is 0.455. The molecule has 1 aromatic carbocycles. The SMILES string of the molecule is Cc1cc(S(=O)(=O)N(C)CC(=O)Nc2nc3c(s2)N(C(=O)OC(C)(C)C)CCC3)c2[nH]ncc2c1. The summed E-state index contributed by atoms with van der Waals surface area (Å²) in [5, 5.41) is 10.9. The van der Waals surface area contributed by atoms with Gasteiger partial charge in [0.05, 0.1) is 24.0 Å². The third-order valence-corrected chi connectivity index (χ3v) is 8.15. The smallest absolute Gasteiger partial charge is 0.415 e. The van der Waals surface area contributed by atoms with Crippen molar-refractivity contribution in [3.63, 3.8) is 0 Å². The van der Waals surface area contributed by atoms with Crippen LogP contribution in [-0.4, -0.2) is 65.6 Å². The van der Waals surface area contributed by atoms with E-state index in [9.17, 15) is 18.0 Å². The summed E-state index contributed by atoms with van der Waals surface area (Å²) in [6, 6.07) is 3.37. The summed E-state index contributed by atoms with van der Waals surface area (Å²) in [6.07, 6.45) is 2.49. The second-order valence-electron chi connectivity index (χ2n) is 9.41. The number of thiazole rings is 1. The number of anilines is 2. The highest BCUT2D eigenvalue weighted by molar-refractivity contribution is 7.89. The molecule has 0 atom stereocenters. The summed E-state index contributed by atoms with van der Waals surface area (Å²) >= 11 is 1.16. The minimum absolute atomic E-state index is 0.0537. The standard InChI is InChI=1S/C22H28N6O5S2/c1-13-9-14-11-23-26-18(14)16(10-13)35(31,32)27(5)12-17(29)25-20-24-15-7-6-8-28(19(15)34-20)21(30)33-22(2,3)4/h9-11H,6-8,12H2,1-5H3,(H,23,26)(H,24,25,29). The minimum Gasteiger partial charge on any atom is -0.443 e. The molecule has 0 fully saturated rings. The molecular formula is C22H28N6O5S2. The predicted molar refractivity (Wildman–Crippen MR) is 133 cm³/mol. The van der Waals surface area contributed by atoms with Gasteiger partial charge < -0.3 is 10.1 Å². The van der Waals surface area contributed by atoms with Gasteiger partial charge in [-0.1, -0.05) is 11.3 Å². The quantitative estimate of drug-likeness (QED) is 0.527. The lowest BCUT2D eigenvalue weighted by Crippen LogP contribution is -2.39. The van der Waals surface area contributed by atoms with Crippen LogP contribution < -0.4 is 10.2 Å². The Morgan fingerprint density at radius 2 is 2.06 bits per heavy atom. The third kappa shape index (κ3) is 5.31. The van der Waals surface area contributed by atoms with Gasteiger partial charge in [-0.25, -0.2) is 18.2 Å². The van der Waals surface area contributed by atoms with Crippen molar-refractivity contribution >= 4 is 54.4 Å². The number of rotatable bonds is 5. The molecule has 11 nitrogen and oxygen atoms in total. The molecule has 0 spiro atoms. The Bertz CT molecular complexity index is 1390. The van der Waals surface area contributed by atoms with Gasteiger partial charge in [-0.15, -0.1) is 0 Å². The Hall–Kier alpha value is -3.03. The number of aromatic nitrogens is 3. The van der Waals surface area contributed by atoms with E-state index in [1.807, 2.05) is 6.07 Å². The summed E-state index contributed by atoms with van der Waals surface area (Å²) < 4.78 is 32.9. The Labute approximate surface area is 207 Å². The highest BCUT2D eigenvalue weighted by Gasteiger charge is 2.31. The number of aromatic amines is 1. The Balaban J connectivity index is 1.48. The summed E-state index contributed by atoms with van der Waals surface area (Å²) in [4.78, 5) is 31.4. The molecule has 1 aliphatic heterocycles. The summed E-state index contributed by atoms with van der Waals surface area (Å²) in [5.41, 5.74) is 1.21. The lowest BCUT2D eigenvalue weighted by Gasteiger charge is -2.28. The van der Waals surface area contributed by atoms with E-state index in [0.29, 0.717) is 39.7 Å². The first-order valence-electron chi connectivity index (χ1n) is 11.1.